The number of anilines is 2. The van der Waals surface area contributed by atoms with Gasteiger partial charge in [0.1, 0.15) is 0 Å². The molecule has 1 aliphatic rings. The van der Waals surface area contributed by atoms with Gasteiger partial charge < -0.3 is 11.1 Å². The monoisotopic (exact) mass is 297 g/mol. The van der Waals surface area contributed by atoms with Crippen molar-refractivity contribution in [3.63, 3.8) is 0 Å². The fourth-order valence-corrected chi connectivity index (χ4v) is 3.22. The molecule has 112 valence electrons. The Balaban J connectivity index is 2.09. The molecule has 1 aromatic rings. The quantitative estimate of drug-likeness (QED) is 0.746. The van der Waals surface area contributed by atoms with E-state index >= 15 is 0 Å². The molecule has 2 rings (SSSR count). The van der Waals surface area contributed by atoms with E-state index in [9.17, 15) is 8.42 Å². The van der Waals surface area contributed by atoms with Crippen molar-refractivity contribution in [2.24, 2.45) is 5.14 Å². The van der Waals surface area contributed by atoms with E-state index in [1.807, 2.05) is 0 Å². The predicted octanol–water partition coefficient (Wildman–Crippen LogP) is 2.44. The number of sulfonamides is 1. The maximum atomic E-state index is 11.3. The third kappa shape index (κ3) is 4.11. The summed E-state index contributed by atoms with van der Waals surface area (Å²) >= 11 is 0. The fraction of sp³-hybridized carbons (Fsp3) is 0.571. The van der Waals surface area contributed by atoms with Crippen LogP contribution in [0.4, 0.5) is 11.4 Å². The zero-order valence-corrected chi connectivity index (χ0v) is 12.5. The molecule has 0 radical (unpaired) electrons. The second-order valence-corrected chi connectivity index (χ2v) is 7.04. The summed E-state index contributed by atoms with van der Waals surface area (Å²) in [6.45, 7) is 0. The van der Waals surface area contributed by atoms with Gasteiger partial charge in [0.25, 0.3) is 0 Å². The molecular formula is C14H23N3O2S. The molecule has 5 N–H and O–H groups in total. The molecule has 0 bridgehead atoms. The first-order valence-electron chi connectivity index (χ1n) is 7.16. The summed E-state index contributed by atoms with van der Waals surface area (Å²) in [6.07, 6.45) is 8.64. The Morgan fingerprint density at radius 1 is 1.05 bits per heavy atom. The van der Waals surface area contributed by atoms with Crippen LogP contribution in [0.2, 0.25) is 0 Å². The number of nitrogens with two attached hydrogens (primary N) is 2. The van der Waals surface area contributed by atoms with E-state index in [1.165, 1.54) is 44.2 Å². The van der Waals surface area contributed by atoms with Gasteiger partial charge >= 0.3 is 0 Å². The van der Waals surface area contributed by atoms with Crippen molar-refractivity contribution in [3.05, 3.63) is 18.2 Å². The average molecular weight is 297 g/mol. The largest absolute Gasteiger partial charge is 0.397 e. The Kier molecular flexibility index (Phi) is 4.88. The van der Waals surface area contributed by atoms with Crippen LogP contribution < -0.4 is 16.2 Å². The van der Waals surface area contributed by atoms with E-state index in [-0.39, 0.29) is 4.90 Å². The lowest BCUT2D eigenvalue weighted by atomic mass is 9.96. The molecule has 0 spiro atoms. The molecule has 5 nitrogen and oxygen atoms in total. The van der Waals surface area contributed by atoms with Gasteiger partial charge in [-0.15, -0.1) is 0 Å². The van der Waals surface area contributed by atoms with Crippen LogP contribution in [0.3, 0.4) is 0 Å². The smallest absolute Gasteiger partial charge is 0.238 e. The van der Waals surface area contributed by atoms with Crippen LogP contribution in [0.15, 0.2) is 23.1 Å². The van der Waals surface area contributed by atoms with Crippen molar-refractivity contribution in [1.82, 2.24) is 0 Å². The molecule has 6 heteroatoms. The molecule has 0 saturated heterocycles. The summed E-state index contributed by atoms with van der Waals surface area (Å²) in [4.78, 5) is 0.0539. The number of benzene rings is 1. The normalized spacial score (nSPS) is 18.2. The Hall–Kier alpha value is -1.27. The number of rotatable bonds is 3. The molecule has 1 aromatic carbocycles. The maximum Gasteiger partial charge on any atom is 0.238 e. The standard InChI is InChI=1S/C14H23N3O2S/c15-13-10-12(20(16,18)19)8-9-14(13)17-11-6-4-2-1-3-5-7-11/h8-11,17H,1-7,15H2,(H2,16,18,19). The summed E-state index contributed by atoms with van der Waals surface area (Å²) in [6, 6.07) is 5.03. The molecule has 0 amide bonds. The summed E-state index contributed by atoms with van der Waals surface area (Å²) in [5.41, 5.74) is 7.15. The van der Waals surface area contributed by atoms with Crippen LogP contribution in [-0.4, -0.2) is 14.5 Å². The Labute approximate surface area is 120 Å². The zero-order chi connectivity index (χ0) is 14.6. The second-order valence-electron chi connectivity index (χ2n) is 5.48. The molecular weight excluding hydrogens is 274 g/mol. The van der Waals surface area contributed by atoms with E-state index in [4.69, 9.17) is 10.9 Å². The summed E-state index contributed by atoms with van der Waals surface area (Å²) in [7, 11) is -3.69. The Morgan fingerprint density at radius 2 is 1.65 bits per heavy atom. The minimum Gasteiger partial charge on any atom is -0.397 e. The molecule has 0 aromatic heterocycles. The van der Waals surface area contributed by atoms with Gasteiger partial charge in [-0.3, -0.25) is 0 Å². The van der Waals surface area contributed by atoms with Gasteiger partial charge in [0.05, 0.1) is 16.3 Å². The van der Waals surface area contributed by atoms with Crippen molar-refractivity contribution < 1.29 is 8.42 Å². The van der Waals surface area contributed by atoms with Crippen LogP contribution in [0.1, 0.15) is 44.9 Å². The molecule has 0 heterocycles. The van der Waals surface area contributed by atoms with E-state index in [1.54, 1.807) is 6.07 Å². The summed E-state index contributed by atoms with van der Waals surface area (Å²) in [5, 5.41) is 8.53. The SMILES string of the molecule is Nc1cc(S(N)(=O)=O)ccc1NC1CCCCCCC1. The lowest BCUT2D eigenvalue weighted by Crippen LogP contribution is -2.21. The van der Waals surface area contributed by atoms with E-state index in [2.05, 4.69) is 5.32 Å². The lowest BCUT2D eigenvalue weighted by Gasteiger charge is -2.23. The number of hydrogen-bond donors (Lipinski definition) is 3. The molecule has 20 heavy (non-hydrogen) atoms. The van der Waals surface area contributed by atoms with Crippen LogP contribution in [0.25, 0.3) is 0 Å². The summed E-state index contributed by atoms with van der Waals surface area (Å²) < 4.78 is 22.5. The van der Waals surface area contributed by atoms with E-state index in [0.29, 0.717) is 11.7 Å². The van der Waals surface area contributed by atoms with Gasteiger partial charge in [0.2, 0.25) is 10.0 Å². The highest BCUT2D eigenvalue weighted by atomic mass is 32.2. The first-order chi connectivity index (χ1) is 9.47. The number of primary sulfonamides is 1. The Bertz CT molecular complexity index is 550. The van der Waals surface area contributed by atoms with Gasteiger partial charge in [0, 0.05) is 6.04 Å². The zero-order valence-electron chi connectivity index (χ0n) is 11.6. The van der Waals surface area contributed by atoms with Gasteiger partial charge in [0.15, 0.2) is 0 Å². The highest BCUT2D eigenvalue weighted by molar-refractivity contribution is 7.89. The van der Waals surface area contributed by atoms with Crippen molar-refractivity contribution in [2.45, 2.75) is 55.9 Å². The predicted molar refractivity (Wildman–Crippen MR) is 82.0 cm³/mol. The highest BCUT2D eigenvalue weighted by Gasteiger charge is 2.14. The van der Waals surface area contributed by atoms with Crippen molar-refractivity contribution in [1.29, 1.82) is 0 Å². The minimum atomic E-state index is -3.69. The number of nitrogens with one attached hydrogen (secondary N) is 1. The molecule has 0 atom stereocenters. The maximum absolute atomic E-state index is 11.3. The first kappa shape index (κ1) is 15.1. The van der Waals surface area contributed by atoms with Gasteiger partial charge in [-0.25, -0.2) is 13.6 Å². The fourth-order valence-electron chi connectivity index (χ4n) is 2.67. The molecule has 1 fully saturated rings. The molecule has 1 aliphatic carbocycles. The van der Waals surface area contributed by atoms with Crippen LogP contribution in [0.5, 0.6) is 0 Å². The van der Waals surface area contributed by atoms with Gasteiger partial charge in [-0.2, -0.15) is 0 Å². The van der Waals surface area contributed by atoms with E-state index < -0.39 is 10.0 Å². The number of hydrogen-bond acceptors (Lipinski definition) is 4. The summed E-state index contributed by atoms with van der Waals surface area (Å²) in [5.74, 6) is 0. The topological polar surface area (TPSA) is 98.2 Å². The van der Waals surface area contributed by atoms with Crippen LogP contribution in [0, 0.1) is 0 Å². The third-order valence-corrected chi connectivity index (χ3v) is 4.73. The van der Waals surface area contributed by atoms with Gasteiger partial charge in [-0.05, 0) is 31.0 Å². The minimum absolute atomic E-state index is 0.0539. The lowest BCUT2D eigenvalue weighted by molar-refractivity contribution is 0.471. The van der Waals surface area contributed by atoms with Crippen molar-refractivity contribution >= 4 is 21.4 Å². The Morgan fingerprint density at radius 3 is 2.20 bits per heavy atom. The molecule has 0 unspecified atom stereocenters. The van der Waals surface area contributed by atoms with Gasteiger partial charge in [-0.1, -0.05) is 32.1 Å². The third-order valence-electron chi connectivity index (χ3n) is 3.82. The second kappa shape index (κ2) is 6.45. The van der Waals surface area contributed by atoms with Crippen LogP contribution >= 0.6 is 0 Å². The first-order valence-corrected chi connectivity index (χ1v) is 8.70. The number of nitrogen functional groups attached to an aromatic ring is 1. The average Bonchev–Trinajstić information content (AvgIpc) is 2.33. The van der Waals surface area contributed by atoms with Crippen molar-refractivity contribution in [3.8, 4) is 0 Å². The molecule has 0 aliphatic heterocycles. The van der Waals surface area contributed by atoms with Crippen LogP contribution in [-0.2, 0) is 10.0 Å². The van der Waals surface area contributed by atoms with Crippen molar-refractivity contribution in [2.75, 3.05) is 11.1 Å². The molecule has 1 saturated carbocycles. The van der Waals surface area contributed by atoms with E-state index in [0.717, 1.165) is 18.5 Å². The highest BCUT2D eigenvalue weighted by Crippen LogP contribution is 2.26.